The van der Waals surface area contributed by atoms with Gasteiger partial charge >= 0.3 is 5.97 Å². The van der Waals surface area contributed by atoms with Crippen LogP contribution in [0.25, 0.3) is 6.08 Å². The third-order valence-corrected chi connectivity index (χ3v) is 2.91. The average molecular weight is 257 g/mol. The number of carbonyl (C=O) groups excluding carboxylic acids is 1. The maximum absolute atomic E-state index is 11.7. The fraction of sp³-hybridized carbons (Fsp3) is 0.375. The molecule has 1 rings (SSSR count). The number of carbonyl (C=O) groups is 1. The van der Waals surface area contributed by atoms with E-state index in [-0.39, 0.29) is 5.57 Å². The molecule has 0 aliphatic heterocycles. The van der Waals surface area contributed by atoms with Crippen molar-refractivity contribution >= 4 is 12.0 Å². The molecule has 19 heavy (non-hydrogen) atoms. The first-order valence-electron chi connectivity index (χ1n) is 6.44. The van der Waals surface area contributed by atoms with Gasteiger partial charge in [0, 0.05) is 0 Å². The van der Waals surface area contributed by atoms with E-state index < -0.39 is 5.97 Å². The van der Waals surface area contributed by atoms with E-state index in [1.165, 1.54) is 5.56 Å². The maximum Gasteiger partial charge on any atom is 0.348 e. The van der Waals surface area contributed by atoms with Gasteiger partial charge in [-0.3, -0.25) is 0 Å². The smallest absolute Gasteiger partial charge is 0.348 e. The molecular formula is C16H19NO2. The first kappa shape index (κ1) is 15.0. The minimum absolute atomic E-state index is 0.0411. The quantitative estimate of drug-likeness (QED) is 0.351. The average Bonchev–Trinajstić information content (AvgIpc) is 2.40. The summed E-state index contributed by atoms with van der Waals surface area (Å²) in [7, 11) is 0. The molecule has 0 N–H and O–H groups in total. The van der Waals surface area contributed by atoms with Gasteiger partial charge in [0.2, 0.25) is 0 Å². The lowest BCUT2D eigenvalue weighted by Crippen LogP contribution is -2.07. The summed E-state index contributed by atoms with van der Waals surface area (Å²) in [6, 6.07) is 7.71. The van der Waals surface area contributed by atoms with Gasteiger partial charge in [-0.15, -0.1) is 0 Å². The van der Waals surface area contributed by atoms with Gasteiger partial charge in [-0.25, -0.2) is 4.79 Å². The van der Waals surface area contributed by atoms with Crippen molar-refractivity contribution < 1.29 is 9.53 Å². The molecule has 0 aromatic heterocycles. The van der Waals surface area contributed by atoms with Crippen molar-refractivity contribution in [3.63, 3.8) is 0 Å². The lowest BCUT2D eigenvalue weighted by Gasteiger charge is -2.04. The van der Waals surface area contributed by atoms with Gasteiger partial charge in [-0.2, -0.15) is 5.26 Å². The van der Waals surface area contributed by atoms with Crippen LogP contribution >= 0.6 is 0 Å². The number of benzene rings is 1. The largest absolute Gasteiger partial charge is 0.462 e. The monoisotopic (exact) mass is 257 g/mol. The van der Waals surface area contributed by atoms with Crippen LogP contribution in [0.1, 0.15) is 36.5 Å². The predicted molar refractivity (Wildman–Crippen MR) is 75.4 cm³/mol. The molecule has 100 valence electrons. The molecule has 0 saturated carbocycles. The number of esters is 1. The second-order valence-electron chi connectivity index (χ2n) is 4.50. The third kappa shape index (κ3) is 4.59. The Hall–Kier alpha value is -2.08. The Kier molecular flexibility index (Phi) is 5.81. The van der Waals surface area contributed by atoms with E-state index >= 15 is 0 Å². The number of rotatable bonds is 5. The summed E-state index contributed by atoms with van der Waals surface area (Å²) in [5.74, 6) is -0.547. The molecule has 0 amide bonds. The summed E-state index contributed by atoms with van der Waals surface area (Å²) < 4.78 is 5.03. The summed E-state index contributed by atoms with van der Waals surface area (Å²) in [4.78, 5) is 11.7. The lowest BCUT2D eigenvalue weighted by atomic mass is 10.0. The van der Waals surface area contributed by atoms with Gasteiger partial charge < -0.3 is 4.74 Å². The van der Waals surface area contributed by atoms with Gasteiger partial charge in [0.05, 0.1) is 6.61 Å². The summed E-state index contributed by atoms with van der Waals surface area (Å²) in [6.45, 7) is 6.40. The molecule has 0 aliphatic carbocycles. The van der Waals surface area contributed by atoms with Gasteiger partial charge in [0.25, 0.3) is 0 Å². The lowest BCUT2D eigenvalue weighted by molar-refractivity contribution is -0.138. The minimum Gasteiger partial charge on any atom is -0.462 e. The standard InChI is InChI=1S/C16H19NO2/c1-4-5-8-19-16(18)15(11-17)10-14-7-6-12(2)13(3)9-14/h6-7,9-10H,4-5,8H2,1-3H3. The molecule has 3 heteroatoms. The van der Waals surface area contributed by atoms with Crippen molar-refractivity contribution in [2.24, 2.45) is 0 Å². The SMILES string of the molecule is CCCCOC(=O)C(C#N)=Cc1ccc(C)c(C)c1. The first-order chi connectivity index (χ1) is 9.08. The Morgan fingerprint density at radius 3 is 2.68 bits per heavy atom. The Bertz CT molecular complexity index is 524. The summed E-state index contributed by atoms with van der Waals surface area (Å²) >= 11 is 0. The first-order valence-corrected chi connectivity index (χ1v) is 6.44. The molecule has 0 bridgehead atoms. The van der Waals surface area contributed by atoms with Crippen LogP contribution in [0, 0.1) is 25.2 Å². The van der Waals surface area contributed by atoms with Crippen molar-refractivity contribution in [3.05, 3.63) is 40.5 Å². The van der Waals surface area contributed by atoms with E-state index in [0.29, 0.717) is 6.61 Å². The number of unbranched alkanes of at least 4 members (excludes halogenated alkanes) is 1. The number of nitriles is 1. The van der Waals surface area contributed by atoms with E-state index in [0.717, 1.165) is 24.0 Å². The number of hydrogen-bond acceptors (Lipinski definition) is 3. The van der Waals surface area contributed by atoms with Crippen molar-refractivity contribution in [1.29, 1.82) is 5.26 Å². The predicted octanol–water partition coefficient (Wildman–Crippen LogP) is 3.55. The van der Waals surface area contributed by atoms with E-state index in [2.05, 4.69) is 0 Å². The van der Waals surface area contributed by atoms with Crippen LogP contribution in [0.4, 0.5) is 0 Å². The number of ether oxygens (including phenoxy) is 1. The van der Waals surface area contributed by atoms with Crippen molar-refractivity contribution in [3.8, 4) is 6.07 Å². The van der Waals surface area contributed by atoms with Crippen molar-refractivity contribution in [2.45, 2.75) is 33.6 Å². The number of nitrogens with zero attached hydrogens (tertiary/aromatic N) is 1. The van der Waals surface area contributed by atoms with Crippen LogP contribution in [-0.4, -0.2) is 12.6 Å². The van der Waals surface area contributed by atoms with E-state index in [9.17, 15) is 4.79 Å². The van der Waals surface area contributed by atoms with Gasteiger partial charge in [0.15, 0.2) is 0 Å². The molecule has 0 spiro atoms. The van der Waals surface area contributed by atoms with Gasteiger partial charge in [-0.05, 0) is 43.0 Å². The Morgan fingerprint density at radius 2 is 2.11 bits per heavy atom. The van der Waals surface area contributed by atoms with E-state index in [1.54, 1.807) is 6.08 Å². The van der Waals surface area contributed by atoms with Crippen LogP contribution in [0.3, 0.4) is 0 Å². The third-order valence-electron chi connectivity index (χ3n) is 2.91. The number of aryl methyl sites for hydroxylation is 2. The van der Waals surface area contributed by atoms with E-state index in [1.807, 2.05) is 45.0 Å². The Balaban J connectivity index is 2.84. The second kappa shape index (κ2) is 7.38. The van der Waals surface area contributed by atoms with Gasteiger partial charge in [-0.1, -0.05) is 31.5 Å². The normalized spacial score (nSPS) is 10.9. The zero-order valence-corrected chi connectivity index (χ0v) is 11.7. The molecule has 0 aliphatic rings. The molecule has 0 unspecified atom stereocenters. The fourth-order valence-electron chi connectivity index (χ4n) is 1.54. The molecule has 0 heterocycles. The van der Waals surface area contributed by atoms with Gasteiger partial charge in [0.1, 0.15) is 11.6 Å². The summed E-state index contributed by atoms with van der Waals surface area (Å²) in [5, 5.41) is 9.02. The zero-order chi connectivity index (χ0) is 14.3. The number of hydrogen-bond donors (Lipinski definition) is 0. The zero-order valence-electron chi connectivity index (χ0n) is 11.7. The molecule has 1 aromatic carbocycles. The topological polar surface area (TPSA) is 50.1 Å². The fourth-order valence-corrected chi connectivity index (χ4v) is 1.54. The molecular weight excluding hydrogens is 238 g/mol. The molecule has 0 radical (unpaired) electrons. The van der Waals surface area contributed by atoms with Crippen LogP contribution < -0.4 is 0 Å². The second-order valence-corrected chi connectivity index (χ2v) is 4.50. The highest BCUT2D eigenvalue weighted by atomic mass is 16.5. The molecule has 3 nitrogen and oxygen atoms in total. The highest BCUT2D eigenvalue weighted by Gasteiger charge is 2.10. The highest BCUT2D eigenvalue weighted by Crippen LogP contribution is 2.13. The summed E-state index contributed by atoms with van der Waals surface area (Å²) in [5.41, 5.74) is 3.19. The van der Waals surface area contributed by atoms with Crippen LogP contribution in [0.5, 0.6) is 0 Å². The van der Waals surface area contributed by atoms with E-state index in [4.69, 9.17) is 10.00 Å². The Morgan fingerprint density at radius 1 is 1.37 bits per heavy atom. The molecule has 0 saturated heterocycles. The highest BCUT2D eigenvalue weighted by molar-refractivity contribution is 5.97. The molecule has 1 aromatic rings. The molecule has 0 atom stereocenters. The van der Waals surface area contributed by atoms with Crippen LogP contribution in [0.2, 0.25) is 0 Å². The van der Waals surface area contributed by atoms with Crippen molar-refractivity contribution in [1.82, 2.24) is 0 Å². The minimum atomic E-state index is -0.547. The van der Waals surface area contributed by atoms with Crippen LogP contribution in [0.15, 0.2) is 23.8 Å². The maximum atomic E-state index is 11.7. The molecule has 0 fully saturated rings. The van der Waals surface area contributed by atoms with Crippen LogP contribution in [-0.2, 0) is 9.53 Å². The van der Waals surface area contributed by atoms with Crippen molar-refractivity contribution in [2.75, 3.05) is 6.61 Å². The summed E-state index contributed by atoms with van der Waals surface area (Å²) in [6.07, 6.45) is 3.34. The Labute approximate surface area is 114 Å².